The molecule has 0 unspecified atom stereocenters. The van der Waals surface area contributed by atoms with Crippen LogP contribution in [0.3, 0.4) is 0 Å². The summed E-state index contributed by atoms with van der Waals surface area (Å²) in [6.07, 6.45) is 9.63. The van der Waals surface area contributed by atoms with Crippen LogP contribution in [0.15, 0.2) is 91.3 Å². The number of benzene rings is 3. The van der Waals surface area contributed by atoms with Gasteiger partial charge >= 0.3 is 6.09 Å². The van der Waals surface area contributed by atoms with Gasteiger partial charge in [0.25, 0.3) is 5.91 Å². The first-order valence-corrected chi connectivity index (χ1v) is 18.3. The molecule has 3 amide bonds. The molecule has 1 saturated carbocycles. The number of nitrogens with zero attached hydrogens (tertiary/aromatic N) is 4. The Morgan fingerprint density at radius 3 is 1.79 bits per heavy atom. The zero-order chi connectivity index (χ0) is 35.6. The third-order valence-corrected chi connectivity index (χ3v) is 10.6. The minimum atomic E-state index is -0.863. The Morgan fingerprint density at radius 1 is 0.731 bits per heavy atom. The Morgan fingerprint density at radius 2 is 1.25 bits per heavy atom. The van der Waals surface area contributed by atoms with Crippen LogP contribution in [0.5, 0.6) is 0 Å². The van der Waals surface area contributed by atoms with Crippen molar-refractivity contribution in [1.82, 2.24) is 35.1 Å². The smallest absolute Gasteiger partial charge is 0.407 e. The Kier molecular flexibility index (Phi) is 9.32. The van der Waals surface area contributed by atoms with Gasteiger partial charge in [-0.3, -0.25) is 9.59 Å². The second kappa shape index (κ2) is 14.5. The van der Waals surface area contributed by atoms with Crippen LogP contribution in [0, 0.1) is 5.92 Å². The lowest BCUT2D eigenvalue weighted by Crippen LogP contribution is -2.42. The highest BCUT2D eigenvalue weighted by Crippen LogP contribution is 2.38. The van der Waals surface area contributed by atoms with Gasteiger partial charge in [-0.2, -0.15) is 0 Å². The van der Waals surface area contributed by atoms with Gasteiger partial charge in [0, 0.05) is 19.5 Å². The Labute approximate surface area is 302 Å². The van der Waals surface area contributed by atoms with Gasteiger partial charge in [-0.15, -0.1) is 0 Å². The van der Waals surface area contributed by atoms with E-state index in [1.807, 2.05) is 47.6 Å². The zero-order valence-corrected chi connectivity index (χ0v) is 29.3. The minimum absolute atomic E-state index is 0.0330. The molecule has 0 bridgehead atoms. The Hall–Kier alpha value is -5.71. The van der Waals surface area contributed by atoms with Gasteiger partial charge in [-0.25, -0.2) is 14.8 Å². The number of aromatic amines is 2. The molecule has 3 atom stereocenters. The Balaban J connectivity index is 0.929. The lowest BCUT2D eigenvalue weighted by molar-refractivity contribution is -0.134. The van der Waals surface area contributed by atoms with Crippen molar-refractivity contribution in [2.24, 2.45) is 5.92 Å². The first-order chi connectivity index (χ1) is 25.4. The monoisotopic (exact) mass is 697 g/mol. The van der Waals surface area contributed by atoms with E-state index >= 15 is 0 Å². The summed E-state index contributed by atoms with van der Waals surface area (Å²) >= 11 is 0. The van der Waals surface area contributed by atoms with E-state index in [-0.39, 0.29) is 23.9 Å². The largest absolute Gasteiger partial charge is 0.453 e. The molecule has 1 aliphatic carbocycles. The number of hydrogen-bond donors (Lipinski definition) is 3. The SMILES string of the molecule is COC(=O)N[C@@H](C(=O)N1CCC[C@H]1c1ncc(-c2ccc(-c3ccc(-c4cnc([C@@H]5CCCN5C(=O)CC5CC5)[nH]4)cc3)cc2)[nH]1)c1ccccc1. The summed E-state index contributed by atoms with van der Waals surface area (Å²) in [7, 11) is 1.29. The highest BCUT2D eigenvalue weighted by atomic mass is 16.5. The number of ether oxygens (including phenoxy) is 1. The van der Waals surface area contributed by atoms with Crippen LogP contribution < -0.4 is 5.32 Å². The number of hydrogen-bond acceptors (Lipinski definition) is 6. The molecule has 3 aliphatic rings. The maximum Gasteiger partial charge on any atom is 0.407 e. The van der Waals surface area contributed by atoms with E-state index in [9.17, 15) is 14.4 Å². The molecule has 8 rings (SSSR count). The fourth-order valence-corrected chi connectivity index (χ4v) is 7.62. The summed E-state index contributed by atoms with van der Waals surface area (Å²) < 4.78 is 4.82. The van der Waals surface area contributed by atoms with E-state index in [4.69, 9.17) is 14.7 Å². The normalized spacial score (nSPS) is 19.1. The number of likely N-dealkylation sites (tertiary alicyclic amines) is 2. The van der Waals surface area contributed by atoms with Crippen molar-refractivity contribution >= 4 is 17.9 Å². The molecule has 0 spiro atoms. The molecule has 52 heavy (non-hydrogen) atoms. The number of nitrogens with one attached hydrogen (secondary N) is 3. The van der Waals surface area contributed by atoms with Crippen molar-refractivity contribution in [1.29, 1.82) is 0 Å². The van der Waals surface area contributed by atoms with Crippen LogP contribution >= 0.6 is 0 Å². The zero-order valence-electron chi connectivity index (χ0n) is 29.3. The third-order valence-electron chi connectivity index (χ3n) is 10.6. The van der Waals surface area contributed by atoms with E-state index in [0.29, 0.717) is 24.4 Å². The van der Waals surface area contributed by atoms with Crippen molar-refractivity contribution in [3.05, 3.63) is 108 Å². The van der Waals surface area contributed by atoms with E-state index in [0.717, 1.165) is 77.5 Å². The number of carbonyl (C=O) groups is 3. The van der Waals surface area contributed by atoms with Crippen molar-refractivity contribution in [2.45, 2.75) is 63.1 Å². The number of carbonyl (C=O) groups excluding carboxylic acids is 3. The summed E-state index contributed by atoms with van der Waals surface area (Å²) in [5.74, 6) is 2.24. The summed E-state index contributed by atoms with van der Waals surface area (Å²) in [6.45, 7) is 1.38. The molecule has 4 heterocycles. The topological polar surface area (TPSA) is 136 Å². The molecule has 0 radical (unpaired) electrons. The van der Waals surface area contributed by atoms with Crippen molar-refractivity contribution in [3.63, 3.8) is 0 Å². The van der Waals surface area contributed by atoms with Gasteiger partial charge < -0.3 is 29.8 Å². The minimum Gasteiger partial charge on any atom is -0.453 e. The van der Waals surface area contributed by atoms with E-state index in [1.54, 1.807) is 4.90 Å². The second-order valence-electron chi connectivity index (χ2n) is 14.1. The number of H-pyrrole nitrogens is 2. The lowest BCUT2D eigenvalue weighted by Gasteiger charge is -2.28. The van der Waals surface area contributed by atoms with E-state index in [1.165, 1.54) is 20.0 Å². The number of methoxy groups -OCH3 is 1. The highest BCUT2D eigenvalue weighted by Gasteiger charge is 2.37. The fraction of sp³-hybridized carbons (Fsp3) is 0.341. The van der Waals surface area contributed by atoms with Crippen LogP contribution in [-0.2, 0) is 14.3 Å². The molecule has 2 saturated heterocycles. The van der Waals surface area contributed by atoms with Gasteiger partial charge in [0.1, 0.15) is 17.7 Å². The molecular weight excluding hydrogens is 654 g/mol. The number of imidazole rings is 2. The molecule has 266 valence electrons. The first kappa shape index (κ1) is 33.4. The fourth-order valence-electron chi connectivity index (χ4n) is 7.62. The Bertz CT molecular complexity index is 2040. The quantitative estimate of drug-likeness (QED) is 0.140. The lowest BCUT2D eigenvalue weighted by atomic mass is 10.0. The van der Waals surface area contributed by atoms with Gasteiger partial charge in [0.2, 0.25) is 5.91 Å². The average molecular weight is 698 g/mol. The second-order valence-corrected chi connectivity index (χ2v) is 14.1. The summed E-state index contributed by atoms with van der Waals surface area (Å²) in [5, 5.41) is 2.72. The van der Waals surface area contributed by atoms with Crippen LogP contribution in [-0.4, -0.2) is 67.8 Å². The van der Waals surface area contributed by atoms with Crippen molar-refractivity contribution in [3.8, 4) is 33.6 Å². The van der Waals surface area contributed by atoms with Crippen molar-refractivity contribution < 1.29 is 19.1 Å². The summed E-state index contributed by atoms with van der Waals surface area (Å²) in [4.78, 5) is 59.1. The molecule has 2 aliphatic heterocycles. The molecule has 5 aromatic rings. The van der Waals surface area contributed by atoms with Gasteiger partial charge in [-0.05, 0) is 72.3 Å². The molecular formula is C41H43N7O4. The predicted octanol–water partition coefficient (Wildman–Crippen LogP) is 7.36. The number of rotatable bonds is 10. The van der Waals surface area contributed by atoms with E-state index in [2.05, 4.69) is 63.8 Å². The number of amides is 3. The highest BCUT2D eigenvalue weighted by molar-refractivity contribution is 5.87. The molecule has 3 fully saturated rings. The summed E-state index contributed by atoms with van der Waals surface area (Å²) in [5.41, 5.74) is 6.74. The summed E-state index contributed by atoms with van der Waals surface area (Å²) in [6, 6.07) is 24.9. The molecule has 2 aromatic heterocycles. The third kappa shape index (κ3) is 6.95. The molecule has 11 nitrogen and oxygen atoms in total. The number of alkyl carbamates (subject to hydrolysis) is 1. The van der Waals surface area contributed by atoms with Gasteiger partial charge in [0.05, 0.1) is 43.0 Å². The van der Waals surface area contributed by atoms with Crippen LogP contribution in [0.2, 0.25) is 0 Å². The standard InChI is InChI=1S/C41H43N7O4/c1-52-41(51)46-37(31-7-3-2-4-8-31)40(50)48-22-6-10-35(48)39-43-25-33(45-39)30-19-15-28(16-20-30)27-13-17-29(18-14-27)32-24-42-38(44-32)34-9-5-21-47(34)36(49)23-26-11-12-26/h2-4,7-8,13-20,24-26,34-35,37H,5-6,9-12,21-23H2,1H3,(H,42,44)(H,43,45)(H,46,51)/t34-,35-,37+/m0/s1. The predicted molar refractivity (Wildman–Crippen MR) is 196 cm³/mol. The van der Waals surface area contributed by atoms with Crippen LogP contribution in [0.1, 0.15) is 80.3 Å². The number of aromatic nitrogens is 4. The van der Waals surface area contributed by atoms with E-state index < -0.39 is 12.1 Å². The van der Waals surface area contributed by atoms with Crippen LogP contribution in [0.4, 0.5) is 4.79 Å². The van der Waals surface area contributed by atoms with Crippen molar-refractivity contribution in [2.75, 3.05) is 20.2 Å². The molecule has 3 aromatic carbocycles. The average Bonchev–Trinajstić information content (AvgIpc) is 3.70. The van der Waals surface area contributed by atoms with Gasteiger partial charge in [0.15, 0.2) is 0 Å². The molecule has 3 N–H and O–H groups in total. The maximum atomic E-state index is 13.8. The molecule has 11 heteroatoms. The van der Waals surface area contributed by atoms with Gasteiger partial charge in [-0.1, -0.05) is 78.9 Å². The first-order valence-electron chi connectivity index (χ1n) is 18.3. The maximum absolute atomic E-state index is 13.8. The van der Waals surface area contributed by atoms with Crippen LogP contribution in [0.25, 0.3) is 33.6 Å².